The van der Waals surface area contributed by atoms with Gasteiger partial charge in [0.05, 0.1) is 6.61 Å². The maximum atomic E-state index is 14.3. The van der Waals surface area contributed by atoms with Gasteiger partial charge in [-0.05, 0) is 82.8 Å². The fraction of sp³-hybridized carbons (Fsp3) is 0.500. The summed E-state index contributed by atoms with van der Waals surface area (Å²) in [5, 5.41) is 6.57. The molecule has 37 heavy (non-hydrogen) atoms. The fourth-order valence-corrected chi connectivity index (χ4v) is 3.95. The number of rotatable bonds is 13. The third-order valence-electron chi connectivity index (χ3n) is 5.40. The summed E-state index contributed by atoms with van der Waals surface area (Å²) in [7, 11) is 1.62. The Hall–Kier alpha value is -2.68. The van der Waals surface area contributed by atoms with Crippen LogP contribution >= 0.6 is 11.6 Å². The Labute approximate surface area is 224 Å². The van der Waals surface area contributed by atoms with Crippen LogP contribution in [0.15, 0.2) is 42.5 Å². The first-order valence-electron chi connectivity index (χ1n) is 12.4. The number of hydrogen-bond acceptors (Lipinski definition) is 6. The minimum absolute atomic E-state index is 0.251. The summed E-state index contributed by atoms with van der Waals surface area (Å²) in [5.41, 5.74) is 1.32. The second-order valence-corrected chi connectivity index (χ2v) is 10.1. The molecule has 7 nitrogen and oxygen atoms in total. The molecule has 0 aromatic heterocycles. The predicted octanol–water partition coefficient (Wildman–Crippen LogP) is 5.53. The van der Waals surface area contributed by atoms with Gasteiger partial charge >= 0.3 is 12.1 Å². The molecule has 0 aliphatic carbocycles. The zero-order valence-electron chi connectivity index (χ0n) is 22.2. The number of halogens is 2. The van der Waals surface area contributed by atoms with E-state index in [1.807, 2.05) is 12.1 Å². The van der Waals surface area contributed by atoms with Crippen molar-refractivity contribution in [1.82, 2.24) is 10.6 Å². The fourth-order valence-electron chi connectivity index (χ4n) is 3.77. The average Bonchev–Trinajstić information content (AvgIpc) is 2.82. The maximum Gasteiger partial charge on any atom is 0.407 e. The lowest BCUT2D eigenvalue weighted by molar-refractivity contribution is -0.146. The minimum atomic E-state index is -0.670. The molecule has 0 heterocycles. The number of esters is 1. The molecule has 2 rings (SSSR count). The SMILES string of the molecule is CCOC(=O)[C@@H](C[C@@H](Cc1ccc(-c2cc(Cl)ccc2F)cc1)NC(=O)OC(C)(C)C)NCCCOC. The van der Waals surface area contributed by atoms with Crippen molar-refractivity contribution in [2.75, 3.05) is 26.9 Å². The van der Waals surface area contributed by atoms with Gasteiger partial charge in [-0.1, -0.05) is 35.9 Å². The minimum Gasteiger partial charge on any atom is -0.465 e. The van der Waals surface area contributed by atoms with Crippen molar-refractivity contribution in [2.24, 2.45) is 0 Å². The Morgan fingerprint density at radius 1 is 1.11 bits per heavy atom. The van der Waals surface area contributed by atoms with E-state index in [1.165, 1.54) is 12.1 Å². The third kappa shape index (κ3) is 11.1. The first kappa shape index (κ1) is 30.5. The van der Waals surface area contributed by atoms with Crippen molar-refractivity contribution < 1.29 is 28.2 Å². The van der Waals surface area contributed by atoms with Crippen LogP contribution in [0.2, 0.25) is 5.02 Å². The normalized spacial score (nSPS) is 13.1. The summed E-state index contributed by atoms with van der Waals surface area (Å²) in [4.78, 5) is 25.3. The first-order chi connectivity index (χ1) is 17.5. The van der Waals surface area contributed by atoms with Crippen molar-refractivity contribution in [3.05, 3.63) is 58.9 Å². The van der Waals surface area contributed by atoms with Crippen molar-refractivity contribution in [2.45, 2.75) is 64.6 Å². The smallest absolute Gasteiger partial charge is 0.407 e. The van der Waals surface area contributed by atoms with Crippen LogP contribution in [0.5, 0.6) is 0 Å². The van der Waals surface area contributed by atoms with Crippen LogP contribution < -0.4 is 10.6 Å². The van der Waals surface area contributed by atoms with Crippen LogP contribution in [0.4, 0.5) is 9.18 Å². The van der Waals surface area contributed by atoms with Crippen LogP contribution in [-0.2, 0) is 25.4 Å². The number of amides is 1. The summed E-state index contributed by atoms with van der Waals surface area (Å²) >= 11 is 6.04. The molecule has 0 aliphatic rings. The van der Waals surface area contributed by atoms with Gasteiger partial charge in [-0.25, -0.2) is 9.18 Å². The van der Waals surface area contributed by atoms with Crippen molar-refractivity contribution in [1.29, 1.82) is 0 Å². The van der Waals surface area contributed by atoms with Gasteiger partial charge in [0.15, 0.2) is 0 Å². The molecule has 2 N–H and O–H groups in total. The monoisotopic (exact) mass is 536 g/mol. The number of ether oxygens (including phenoxy) is 3. The van der Waals surface area contributed by atoms with E-state index in [9.17, 15) is 14.0 Å². The number of alkyl carbamates (subject to hydrolysis) is 1. The number of benzene rings is 2. The Morgan fingerprint density at radius 3 is 2.43 bits per heavy atom. The standard InChI is InChI=1S/C28H38ClFN2O5/c1-6-36-26(33)25(31-14-7-15-35-5)18-22(32-27(34)37-28(2,3)4)16-19-8-10-20(11-9-19)23-17-21(29)12-13-24(23)30/h8-13,17,22,25,31H,6-7,14-16,18H2,1-5H3,(H,32,34)/t22-,25-/m1/s1. The van der Waals surface area contributed by atoms with E-state index in [2.05, 4.69) is 10.6 Å². The maximum absolute atomic E-state index is 14.3. The number of carbonyl (C=O) groups is 2. The van der Waals surface area contributed by atoms with Crippen molar-refractivity contribution in [3.8, 4) is 11.1 Å². The zero-order chi connectivity index (χ0) is 27.4. The Balaban J connectivity index is 2.22. The lowest BCUT2D eigenvalue weighted by Crippen LogP contribution is -2.47. The quantitative estimate of drug-likeness (QED) is 0.258. The van der Waals surface area contributed by atoms with E-state index < -0.39 is 23.8 Å². The molecule has 9 heteroatoms. The van der Waals surface area contributed by atoms with Gasteiger partial charge in [0.2, 0.25) is 0 Å². The lowest BCUT2D eigenvalue weighted by Gasteiger charge is -2.26. The van der Waals surface area contributed by atoms with Gasteiger partial charge in [0.25, 0.3) is 0 Å². The summed E-state index contributed by atoms with van der Waals surface area (Å²) in [6.45, 7) is 8.47. The zero-order valence-corrected chi connectivity index (χ0v) is 23.0. The second-order valence-electron chi connectivity index (χ2n) is 9.71. The second kappa shape index (κ2) is 14.9. The highest BCUT2D eigenvalue weighted by molar-refractivity contribution is 6.30. The average molecular weight is 537 g/mol. The molecule has 0 unspecified atom stereocenters. The number of methoxy groups -OCH3 is 1. The molecule has 0 saturated heterocycles. The van der Waals surface area contributed by atoms with Crippen molar-refractivity contribution >= 4 is 23.7 Å². The van der Waals surface area contributed by atoms with E-state index in [4.69, 9.17) is 25.8 Å². The van der Waals surface area contributed by atoms with Crippen LogP contribution in [0.3, 0.4) is 0 Å². The highest BCUT2D eigenvalue weighted by Crippen LogP contribution is 2.26. The number of nitrogens with one attached hydrogen (secondary N) is 2. The molecule has 1 amide bonds. The van der Waals surface area contributed by atoms with Gasteiger partial charge in [0, 0.05) is 30.3 Å². The molecule has 204 valence electrons. The highest BCUT2D eigenvalue weighted by Gasteiger charge is 2.27. The van der Waals surface area contributed by atoms with E-state index >= 15 is 0 Å². The summed E-state index contributed by atoms with van der Waals surface area (Å²) in [6, 6.07) is 10.7. The van der Waals surface area contributed by atoms with Crippen molar-refractivity contribution in [3.63, 3.8) is 0 Å². The van der Waals surface area contributed by atoms with Gasteiger partial charge < -0.3 is 24.8 Å². The highest BCUT2D eigenvalue weighted by atomic mass is 35.5. The summed E-state index contributed by atoms with van der Waals surface area (Å²) in [5.74, 6) is -0.749. The molecule has 0 radical (unpaired) electrons. The van der Waals surface area contributed by atoms with Gasteiger partial charge in [0.1, 0.15) is 17.5 Å². The molecule has 0 fully saturated rings. The van der Waals surface area contributed by atoms with Crippen LogP contribution in [0.1, 0.15) is 46.1 Å². The van der Waals surface area contributed by atoms with Gasteiger partial charge in [-0.3, -0.25) is 4.79 Å². The van der Waals surface area contributed by atoms with Crippen LogP contribution in [0.25, 0.3) is 11.1 Å². The molecule has 0 bridgehead atoms. The number of carbonyl (C=O) groups excluding carboxylic acids is 2. The van der Waals surface area contributed by atoms with Gasteiger partial charge in [-0.15, -0.1) is 0 Å². The molecular formula is C28H38ClFN2O5. The molecule has 2 aromatic rings. The predicted molar refractivity (Wildman–Crippen MR) is 143 cm³/mol. The first-order valence-corrected chi connectivity index (χ1v) is 12.8. The summed E-state index contributed by atoms with van der Waals surface area (Å²) < 4.78 is 30.1. The van der Waals surface area contributed by atoms with E-state index in [-0.39, 0.29) is 24.8 Å². The van der Waals surface area contributed by atoms with E-state index in [0.717, 1.165) is 12.0 Å². The van der Waals surface area contributed by atoms with Crippen LogP contribution in [0, 0.1) is 5.82 Å². The van der Waals surface area contributed by atoms with E-state index in [1.54, 1.807) is 53.0 Å². The van der Waals surface area contributed by atoms with Gasteiger partial charge in [-0.2, -0.15) is 0 Å². The molecule has 2 atom stereocenters. The molecule has 2 aromatic carbocycles. The molecule has 0 spiro atoms. The topological polar surface area (TPSA) is 85.9 Å². The Morgan fingerprint density at radius 2 is 1.81 bits per heavy atom. The number of hydrogen-bond donors (Lipinski definition) is 2. The lowest BCUT2D eigenvalue weighted by atomic mass is 9.97. The Bertz CT molecular complexity index is 1010. The largest absolute Gasteiger partial charge is 0.465 e. The molecule has 0 saturated carbocycles. The van der Waals surface area contributed by atoms with E-state index in [0.29, 0.717) is 35.7 Å². The molecule has 0 aliphatic heterocycles. The molecular weight excluding hydrogens is 499 g/mol. The Kier molecular flexibility index (Phi) is 12.3. The van der Waals surface area contributed by atoms with Crippen LogP contribution in [-0.4, -0.2) is 56.6 Å². The third-order valence-corrected chi connectivity index (χ3v) is 5.64. The summed E-state index contributed by atoms with van der Waals surface area (Å²) in [6.07, 6.45) is 0.859.